The Morgan fingerprint density at radius 1 is 1.34 bits per heavy atom. The molecule has 0 aliphatic rings. The molecule has 0 unspecified atom stereocenters. The summed E-state index contributed by atoms with van der Waals surface area (Å²) in [6.45, 7) is 4.60. The molecule has 3 aromatic rings. The Labute approximate surface area is 167 Å². The van der Waals surface area contributed by atoms with Gasteiger partial charge in [-0.2, -0.15) is 4.98 Å². The van der Waals surface area contributed by atoms with E-state index >= 15 is 0 Å². The van der Waals surface area contributed by atoms with Gasteiger partial charge in [0.15, 0.2) is 11.2 Å². The number of rotatable bonds is 9. The van der Waals surface area contributed by atoms with Gasteiger partial charge in [0.2, 0.25) is 5.95 Å². The minimum absolute atomic E-state index is 0.0806. The van der Waals surface area contributed by atoms with Gasteiger partial charge in [0.05, 0.1) is 25.9 Å². The second-order valence-corrected chi connectivity index (χ2v) is 6.83. The monoisotopic (exact) mass is 399 g/mol. The summed E-state index contributed by atoms with van der Waals surface area (Å²) in [5.74, 6) is 0.471. The van der Waals surface area contributed by atoms with Gasteiger partial charge < -0.3 is 19.3 Å². The van der Waals surface area contributed by atoms with Crippen LogP contribution in [0.2, 0.25) is 0 Å². The van der Waals surface area contributed by atoms with E-state index in [-0.39, 0.29) is 24.3 Å². The van der Waals surface area contributed by atoms with Crippen molar-refractivity contribution < 1.29 is 9.84 Å². The molecule has 2 aromatic heterocycles. The van der Waals surface area contributed by atoms with Crippen molar-refractivity contribution in [2.45, 2.75) is 19.2 Å². The number of imidazole rings is 1. The molecule has 3 rings (SSSR count). The summed E-state index contributed by atoms with van der Waals surface area (Å²) >= 11 is 0. The van der Waals surface area contributed by atoms with Crippen molar-refractivity contribution in [2.24, 2.45) is 7.05 Å². The van der Waals surface area contributed by atoms with Gasteiger partial charge in [0, 0.05) is 20.6 Å². The Balaban J connectivity index is 2.03. The molecular weight excluding hydrogens is 374 g/mol. The first-order valence-electron chi connectivity index (χ1n) is 9.23. The van der Waals surface area contributed by atoms with E-state index in [9.17, 15) is 14.7 Å². The second kappa shape index (κ2) is 8.89. The van der Waals surface area contributed by atoms with Crippen molar-refractivity contribution >= 4 is 17.1 Å². The fraction of sp³-hybridized carbons (Fsp3) is 0.350. The highest BCUT2D eigenvalue weighted by Crippen LogP contribution is 2.20. The quantitative estimate of drug-likeness (QED) is 0.404. The smallest absolute Gasteiger partial charge is 0.329 e. The Bertz CT molecular complexity index is 1100. The molecule has 0 radical (unpaired) electrons. The van der Waals surface area contributed by atoms with Crippen LogP contribution in [0.3, 0.4) is 0 Å². The number of nitrogens with zero attached hydrogens (tertiary/aromatic N) is 4. The second-order valence-electron chi connectivity index (χ2n) is 6.83. The third-order valence-corrected chi connectivity index (χ3v) is 4.53. The van der Waals surface area contributed by atoms with E-state index in [0.717, 1.165) is 5.56 Å². The standard InChI is InChI=1S/C20H25N5O4/c1-4-10-29-13-15(26)12-25-16-17(24(3)20(28)22-18(16)27)21-19(25)23(2)11-14-8-6-5-7-9-14/h4-9,15,26H,1,10-13H2,2-3H3,(H,22,27,28)/t15-/m0/s1. The SMILES string of the molecule is C=CCOC[C@@H](O)Cn1c(N(C)Cc2ccccc2)nc2c1c(=O)[nH]c(=O)n2C. The van der Waals surface area contributed by atoms with Crippen LogP contribution < -0.4 is 16.1 Å². The molecule has 29 heavy (non-hydrogen) atoms. The summed E-state index contributed by atoms with van der Waals surface area (Å²) in [5.41, 5.74) is 0.456. The van der Waals surface area contributed by atoms with Crippen LogP contribution in [-0.4, -0.2) is 50.6 Å². The first-order chi connectivity index (χ1) is 13.9. The zero-order valence-electron chi connectivity index (χ0n) is 16.5. The van der Waals surface area contributed by atoms with E-state index in [1.807, 2.05) is 42.3 Å². The molecule has 0 saturated carbocycles. The minimum atomic E-state index is -0.868. The number of aromatic nitrogens is 4. The summed E-state index contributed by atoms with van der Waals surface area (Å²) in [6, 6.07) is 9.81. The maximum absolute atomic E-state index is 12.5. The van der Waals surface area contributed by atoms with Gasteiger partial charge >= 0.3 is 5.69 Å². The van der Waals surface area contributed by atoms with Crippen LogP contribution in [0.15, 0.2) is 52.6 Å². The molecular formula is C20H25N5O4. The molecule has 9 nitrogen and oxygen atoms in total. The Morgan fingerprint density at radius 2 is 2.07 bits per heavy atom. The molecule has 1 aromatic carbocycles. The minimum Gasteiger partial charge on any atom is -0.389 e. The average molecular weight is 399 g/mol. The molecule has 9 heteroatoms. The van der Waals surface area contributed by atoms with Gasteiger partial charge in [-0.3, -0.25) is 14.3 Å². The molecule has 0 aliphatic carbocycles. The third-order valence-electron chi connectivity index (χ3n) is 4.53. The number of benzene rings is 1. The molecule has 2 heterocycles. The van der Waals surface area contributed by atoms with E-state index < -0.39 is 17.4 Å². The van der Waals surface area contributed by atoms with Crippen LogP contribution in [0, 0.1) is 0 Å². The van der Waals surface area contributed by atoms with Crippen molar-refractivity contribution in [1.82, 2.24) is 19.1 Å². The number of nitrogens with one attached hydrogen (secondary N) is 1. The van der Waals surface area contributed by atoms with Gasteiger partial charge in [-0.1, -0.05) is 36.4 Å². The van der Waals surface area contributed by atoms with Crippen molar-refractivity contribution in [1.29, 1.82) is 0 Å². The number of hydrogen-bond acceptors (Lipinski definition) is 6. The van der Waals surface area contributed by atoms with E-state index in [4.69, 9.17) is 4.74 Å². The largest absolute Gasteiger partial charge is 0.389 e. The van der Waals surface area contributed by atoms with Gasteiger partial charge in [-0.05, 0) is 5.56 Å². The molecule has 2 N–H and O–H groups in total. The maximum atomic E-state index is 12.5. The summed E-state index contributed by atoms with van der Waals surface area (Å²) in [7, 11) is 3.39. The Kier molecular flexibility index (Phi) is 6.30. The Hall–Kier alpha value is -3.17. The number of aromatic amines is 1. The molecule has 0 bridgehead atoms. The highest BCUT2D eigenvalue weighted by molar-refractivity contribution is 5.74. The van der Waals surface area contributed by atoms with Crippen LogP contribution in [0.25, 0.3) is 11.2 Å². The van der Waals surface area contributed by atoms with E-state index in [2.05, 4.69) is 16.5 Å². The van der Waals surface area contributed by atoms with Gasteiger partial charge in [-0.25, -0.2) is 4.79 Å². The van der Waals surface area contributed by atoms with E-state index in [1.165, 1.54) is 4.57 Å². The summed E-state index contributed by atoms with van der Waals surface area (Å²) in [6.07, 6.45) is 0.728. The van der Waals surface area contributed by atoms with Crippen molar-refractivity contribution in [2.75, 3.05) is 25.2 Å². The number of aryl methyl sites for hydroxylation is 1. The lowest BCUT2D eigenvalue weighted by atomic mass is 10.2. The highest BCUT2D eigenvalue weighted by atomic mass is 16.5. The first-order valence-corrected chi connectivity index (χ1v) is 9.23. The number of aliphatic hydroxyl groups is 1. The average Bonchev–Trinajstić information content (AvgIpc) is 3.07. The van der Waals surface area contributed by atoms with Crippen LogP contribution in [0.4, 0.5) is 5.95 Å². The molecule has 0 saturated heterocycles. The lowest BCUT2D eigenvalue weighted by molar-refractivity contribution is 0.0404. The number of aliphatic hydroxyl groups excluding tert-OH is 1. The number of fused-ring (bicyclic) bond motifs is 1. The molecule has 154 valence electrons. The highest BCUT2D eigenvalue weighted by Gasteiger charge is 2.22. The molecule has 0 spiro atoms. The first kappa shape index (κ1) is 20.6. The van der Waals surface area contributed by atoms with Crippen LogP contribution in [0.1, 0.15) is 5.56 Å². The summed E-state index contributed by atoms with van der Waals surface area (Å²) in [5, 5.41) is 10.4. The van der Waals surface area contributed by atoms with Crippen LogP contribution in [0.5, 0.6) is 0 Å². The van der Waals surface area contributed by atoms with Crippen molar-refractivity contribution in [3.63, 3.8) is 0 Å². The van der Waals surface area contributed by atoms with Crippen LogP contribution >= 0.6 is 0 Å². The topological polar surface area (TPSA) is 105 Å². The third kappa shape index (κ3) is 4.47. The predicted octanol–water partition coefficient (Wildman–Crippen LogP) is 0.623. The molecule has 1 atom stereocenters. The van der Waals surface area contributed by atoms with E-state index in [1.54, 1.807) is 17.7 Å². The fourth-order valence-corrected chi connectivity index (χ4v) is 3.17. The van der Waals surface area contributed by atoms with Gasteiger partial charge in [-0.15, -0.1) is 6.58 Å². The normalized spacial score (nSPS) is 12.2. The molecule has 0 aliphatic heterocycles. The van der Waals surface area contributed by atoms with Crippen molar-refractivity contribution in [3.05, 3.63) is 69.4 Å². The Morgan fingerprint density at radius 3 is 2.76 bits per heavy atom. The fourth-order valence-electron chi connectivity index (χ4n) is 3.17. The number of ether oxygens (including phenoxy) is 1. The zero-order valence-corrected chi connectivity index (χ0v) is 16.5. The molecule has 0 fully saturated rings. The maximum Gasteiger partial charge on any atom is 0.329 e. The zero-order chi connectivity index (χ0) is 21.0. The number of hydrogen-bond donors (Lipinski definition) is 2. The predicted molar refractivity (Wildman–Crippen MR) is 111 cm³/mol. The lowest BCUT2D eigenvalue weighted by Crippen LogP contribution is -2.31. The van der Waals surface area contributed by atoms with Crippen molar-refractivity contribution in [3.8, 4) is 0 Å². The number of anilines is 1. The van der Waals surface area contributed by atoms with E-state index in [0.29, 0.717) is 19.1 Å². The lowest BCUT2D eigenvalue weighted by Gasteiger charge is -2.21. The molecule has 0 amide bonds. The summed E-state index contributed by atoms with van der Waals surface area (Å²) < 4.78 is 8.23. The van der Waals surface area contributed by atoms with Gasteiger partial charge in [0.25, 0.3) is 5.56 Å². The summed E-state index contributed by atoms with van der Waals surface area (Å²) in [4.78, 5) is 33.2. The van der Waals surface area contributed by atoms with Crippen LogP contribution in [-0.2, 0) is 24.9 Å². The number of H-pyrrole nitrogens is 1. The van der Waals surface area contributed by atoms with Gasteiger partial charge in [0.1, 0.15) is 0 Å².